The minimum absolute atomic E-state index is 0.101. The first-order chi connectivity index (χ1) is 16.4. The van der Waals surface area contributed by atoms with Gasteiger partial charge in [-0.2, -0.15) is 0 Å². The van der Waals surface area contributed by atoms with E-state index in [1.165, 1.54) is 17.4 Å². The lowest BCUT2D eigenvalue weighted by atomic mass is 10.0. The number of rotatable bonds is 6. The molecule has 0 bridgehead atoms. The highest BCUT2D eigenvalue weighted by Gasteiger charge is 2.24. The Morgan fingerprint density at radius 1 is 1.26 bits per heavy atom. The first-order valence-corrected chi connectivity index (χ1v) is 12.3. The van der Waals surface area contributed by atoms with Gasteiger partial charge in [0.05, 0.1) is 21.6 Å². The number of anilines is 2. The van der Waals surface area contributed by atoms with Crippen molar-refractivity contribution in [3.05, 3.63) is 52.7 Å². The van der Waals surface area contributed by atoms with Gasteiger partial charge in [0.1, 0.15) is 0 Å². The molecule has 4 rings (SSSR count). The summed E-state index contributed by atoms with van der Waals surface area (Å²) in [5, 5.41) is 7.35. The van der Waals surface area contributed by atoms with E-state index in [9.17, 15) is 14.4 Å². The van der Waals surface area contributed by atoms with E-state index in [0.29, 0.717) is 29.6 Å². The average Bonchev–Trinajstić information content (AvgIpc) is 3.32. The molecule has 9 heteroatoms. The molecule has 1 fully saturated rings. The van der Waals surface area contributed by atoms with Gasteiger partial charge in [0.2, 0.25) is 17.8 Å². The van der Waals surface area contributed by atoms with E-state index in [-0.39, 0.29) is 23.6 Å². The van der Waals surface area contributed by atoms with Crippen molar-refractivity contribution < 1.29 is 14.4 Å². The number of carbonyl (C=O) groups is 3. The number of thiophene rings is 1. The zero-order valence-electron chi connectivity index (χ0n) is 19.5. The molecule has 1 aliphatic heterocycles. The number of para-hydroxylation sites is 1. The highest BCUT2D eigenvalue weighted by Crippen LogP contribution is 2.28. The van der Waals surface area contributed by atoms with Gasteiger partial charge in [-0.1, -0.05) is 25.1 Å². The zero-order chi connectivity index (χ0) is 24.2. The molecule has 178 valence electrons. The summed E-state index contributed by atoms with van der Waals surface area (Å²) < 4.78 is 2.07. The van der Waals surface area contributed by atoms with Gasteiger partial charge in [-0.15, -0.1) is 11.3 Å². The van der Waals surface area contributed by atoms with Crippen molar-refractivity contribution in [1.29, 1.82) is 0 Å². The minimum Gasteiger partial charge on any atom is -0.343 e. The number of nitrogens with zero attached hydrogens (tertiary/aromatic N) is 3. The van der Waals surface area contributed by atoms with Crippen molar-refractivity contribution in [3.63, 3.8) is 0 Å². The summed E-state index contributed by atoms with van der Waals surface area (Å²) in [6.07, 6.45) is 4.27. The van der Waals surface area contributed by atoms with Crippen molar-refractivity contribution in [1.82, 2.24) is 14.5 Å². The Morgan fingerprint density at radius 2 is 2.09 bits per heavy atom. The van der Waals surface area contributed by atoms with E-state index >= 15 is 0 Å². The van der Waals surface area contributed by atoms with E-state index in [4.69, 9.17) is 4.98 Å². The van der Waals surface area contributed by atoms with Crippen LogP contribution in [0.3, 0.4) is 0 Å². The van der Waals surface area contributed by atoms with E-state index in [1.807, 2.05) is 30.0 Å². The third kappa shape index (κ3) is 5.20. The number of likely N-dealkylation sites (tertiary alicyclic amines) is 1. The fraction of sp³-hybridized carbons (Fsp3) is 0.360. The molecule has 1 aliphatic rings. The van der Waals surface area contributed by atoms with Crippen LogP contribution in [0.5, 0.6) is 0 Å². The Labute approximate surface area is 202 Å². The molecule has 0 spiro atoms. The maximum atomic E-state index is 13.0. The van der Waals surface area contributed by atoms with Crippen LogP contribution >= 0.6 is 11.3 Å². The molecule has 1 saturated heterocycles. The summed E-state index contributed by atoms with van der Waals surface area (Å²) in [5.41, 5.74) is 3.43. The van der Waals surface area contributed by atoms with Crippen molar-refractivity contribution >= 4 is 51.7 Å². The number of aryl methyl sites for hydroxylation is 1. The molecule has 2 N–H and O–H groups in total. The summed E-state index contributed by atoms with van der Waals surface area (Å²) in [5.74, 6) is 0.234. The predicted octanol–water partition coefficient (Wildman–Crippen LogP) is 4.43. The minimum atomic E-state index is -0.329. The molecule has 0 radical (unpaired) electrons. The van der Waals surface area contributed by atoms with E-state index in [0.717, 1.165) is 42.4 Å². The molecule has 2 aromatic heterocycles. The second-order valence-corrected chi connectivity index (χ2v) is 9.57. The molecule has 34 heavy (non-hydrogen) atoms. The van der Waals surface area contributed by atoms with Crippen LogP contribution in [0.1, 0.15) is 41.4 Å². The van der Waals surface area contributed by atoms with Gasteiger partial charge in [-0.25, -0.2) is 4.98 Å². The molecule has 8 nitrogen and oxygen atoms in total. The molecule has 1 atom stereocenters. The second-order valence-electron chi connectivity index (χ2n) is 8.66. The highest BCUT2D eigenvalue weighted by atomic mass is 32.1. The standard InChI is InChI=1S/C25H29N5O3S/c1-4-22(32)26-19-12-21(34-15-19)24(33)28-25-27-20-10-7-8-16(2)23(20)30(25)14-18-9-5-6-11-29(13-18)17(3)31/h4,7-8,10,12,15,18H,1,5-6,9,11,13-14H2,2-3H3,(H,26,32)(H,27,28,33). The Bertz CT molecular complexity index is 1240. The normalized spacial score (nSPS) is 16.2. The number of hydrogen-bond donors (Lipinski definition) is 2. The quantitative estimate of drug-likeness (QED) is 0.511. The Hall–Kier alpha value is -3.46. The molecule has 3 heterocycles. The van der Waals surface area contributed by atoms with Gasteiger partial charge in [0.15, 0.2) is 0 Å². The number of imidazole rings is 1. The van der Waals surface area contributed by atoms with Crippen LogP contribution in [0, 0.1) is 12.8 Å². The van der Waals surface area contributed by atoms with Crippen LogP contribution in [0.2, 0.25) is 0 Å². The number of nitrogens with one attached hydrogen (secondary N) is 2. The number of hydrogen-bond acceptors (Lipinski definition) is 5. The third-order valence-corrected chi connectivity index (χ3v) is 7.05. The lowest BCUT2D eigenvalue weighted by Gasteiger charge is -2.24. The van der Waals surface area contributed by atoms with Gasteiger partial charge in [0, 0.05) is 31.9 Å². The Balaban J connectivity index is 1.61. The first-order valence-electron chi connectivity index (χ1n) is 11.4. The average molecular weight is 480 g/mol. The fourth-order valence-corrected chi connectivity index (χ4v) is 5.17. The fourth-order valence-electron chi connectivity index (χ4n) is 4.44. The zero-order valence-corrected chi connectivity index (χ0v) is 20.3. The highest BCUT2D eigenvalue weighted by molar-refractivity contribution is 7.12. The first kappa shape index (κ1) is 23.7. The Morgan fingerprint density at radius 3 is 2.85 bits per heavy atom. The molecular weight excluding hydrogens is 450 g/mol. The van der Waals surface area contributed by atoms with E-state index in [2.05, 4.69) is 21.8 Å². The van der Waals surface area contributed by atoms with E-state index < -0.39 is 0 Å². The molecule has 1 unspecified atom stereocenters. The maximum Gasteiger partial charge on any atom is 0.268 e. The van der Waals surface area contributed by atoms with Crippen LogP contribution in [0.15, 0.2) is 42.3 Å². The monoisotopic (exact) mass is 479 g/mol. The van der Waals surface area contributed by atoms with E-state index in [1.54, 1.807) is 18.4 Å². The lowest BCUT2D eigenvalue weighted by Crippen LogP contribution is -2.34. The topological polar surface area (TPSA) is 96.3 Å². The van der Waals surface area contributed by atoms with Crippen molar-refractivity contribution in [2.75, 3.05) is 23.7 Å². The van der Waals surface area contributed by atoms with Crippen LogP contribution in [-0.2, 0) is 16.1 Å². The molecule has 0 aliphatic carbocycles. The van der Waals surface area contributed by atoms with Crippen molar-refractivity contribution in [2.24, 2.45) is 5.92 Å². The van der Waals surface area contributed by atoms with Gasteiger partial charge >= 0.3 is 0 Å². The molecule has 0 saturated carbocycles. The summed E-state index contributed by atoms with van der Waals surface area (Å²) in [6.45, 7) is 9.25. The summed E-state index contributed by atoms with van der Waals surface area (Å²) >= 11 is 1.24. The molecular formula is C25H29N5O3S. The smallest absolute Gasteiger partial charge is 0.268 e. The van der Waals surface area contributed by atoms with Gasteiger partial charge in [0.25, 0.3) is 5.91 Å². The van der Waals surface area contributed by atoms with Crippen molar-refractivity contribution in [2.45, 2.75) is 39.7 Å². The number of amides is 3. The van der Waals surface area contributed by atoms with Gasteiger partial charge in [-0.3, -0.25) is 19.7 Å². The van der Waals surface area contributed by atoms with Gasteiger partial charge < -0.3 is 14.8 Å². The molecule has 3 amide bonds. The number of benzene rings is 1. The number of aromatic nitrogens is 2. The summed E-state index contributed by atoms with van der Waals surface area (Å²) in [6, 6.07) is 7.57. The number of carbonyl (C=O) groups excluding carboxylic acids is 3. The summed E-state index contributed by atoms with van der Waals surface area (Å²) in [7, 11) is 0. The van der Waals surface area contributed by atoms with Crippen LogP contribution in [0.25, 0.3) is 11.0 Å². The van der Waals surface area contributed by atoms with Gasteiger partial charge in [-0.05, 0) is 49.5 Å². The largest absolute Gasteiger partial charge is 0.343 e. The second kappa shape index (κ2) is 10.2. The van der Waals surface area contributed by atoms with Crippen LogP contribution in [-0.4, -0.2) is 45.3 Å². The van der Waals surface area contributed by atoms with Crippen molar-refractivity contribution in [3.8, 4) is 0 Å². The maximum absolute atomic E-state index is 13.0. The molecule has 3 aromatic rings. The SMILES string of the molecule is C=CC(=O)Nc1csc(C(=O)Nc2nc3cccc(C)c3n2CC2CCCCN(C(C)=O)C2)c1. The number of fused-ring (bicyclic) bond motifs is 1. The van der Waals surface area contributed by atoms with Crippen LogP contribution in [0.4, 0.5) is 11.6 Å². The lowest BCUT2D eigenvalue weighted by molar-refractivity contribution is -0.129. The predicted molar refractivity (Wildman–Crippen MR) is 135 cm³/mol. The molecule has 1 aromatic carbocycles. The summed E-state index contributed by atoms with van der Waals surface area (Å²) in [4.78, 5) is 43.7. The third-order valence-electron chi connectivity index (χ3n) is 6.13. The Kier molecular flexibility index (Phi) is 7.12. The van der Waals surface area contributed by atoms with Crippen LogP contribution < -0.4 is 10.6 Å².